The number of aryl methyl sites for hydroxylation is 1. The summed E-state index contributed by atoms with van der Waals surface area (Å²) in [6, 6.07) is 5.83. The number of ether oxygens (including phenoxy) is 1. The van der Waals surface area contributed by atoms with E-state index in [0.717, 1.165) is 23.2 Å². The van der Waals surface area contributed by atoms with Gasteiger partial charge in [0.05, 0.1) is 17.9 Å². The highest BCUT2D eigenvalue weighted by atomic mass is 16.5. The summed E-state index contributed by atoms with van der Waals surface area (Å²) in [4.78, 5) is 25.2. The highest BCUT2D eigenvalue weighted by molar-refractivity contribution is 5.96. The number of esters is 1. The summed E-state index contributed by atoms with van der Waals surface area (Å²) in [5, 5.41) is 2.99. The third-order valence-electron chi connectivity index (χ3n) is 4.83. The maximum Gasteiger partial charge on any atom is 0.310 e. The first-order chi connectivity index (χ1) is 11.4. The van der Waals surface area contributed by atoms with Gasteiger partial charge in [0.1, 0.15) is 0 Å². The first kappa shape index (κ1) is 18.2. The first-order valence-electron chi connectivity index (χ1n) is 8.66. The Balaban J connectivity index is 2.12. The number of nitrogens with one attached hydrogen (secondary N) is 1. The van der Waals surface area contributed by atoms with Crippen molar-refractivity contribution in [1.82, 2.24) is 0 Å². The molecule has 4 heteroatoms. The quantitative estimate of drug-likeness (QED) is 0.652. The molecule has 1 aromatic carbocycles. The molecule has 0 unspecified atom stereocenters. The summed E-state index contributed by atoms with van der Waals surface area (Å²) in [5.74, 6) is -1.17. The second-order valence-corrected chi connectivity index (χ2v) is 6.55. The lowest BCUT2D eigenvalue weighted by molar-refractivity contribution is -0.157. The van der Waals surface area contributed by atoms with Crippen LogP contribution in [0.2, 0.25) is 0 Å². The minimum atomic E-state index is -0.408. The smallest absolute Gasteiger partial charge is 0.310 e. The number of allylic oxidation sites excluding steroid dienone is 2. The van der Waals surface area contributed by atoms with Crippen molar-refractivity contribution in [3.05, 3.63) is 41.5 Å². The molecular weight excluding hydrogens is 302 g/mol. The Hall–Kier alpha value is -2.10. The zero-order valence-corrected chi connectivity index (χ0v) is 15.0. The van der Waals surface area contributed by atoms with E-state index >= 15 is 0 Å². The molecular formula is C20H27NO3. The van der Waals surface area contributed by atoms with Crippen LogP contribution in [0.5, 0.6) is 0 Å². The van der Waals surface area contributed by atoms with E-state index in [9.17, 15) is 9.59 Å². The normalized spacial score (nSPS) is 21.2. The third kappa shape index (κ3) is 4.25. The van der Waals surface area contributed by atoms with Crippen LogP contribution in [0, 0.1) is 25.7 Å². The van der Waals surface area contributed by atoms with Crippen molar-refractivity contribution < 1.29 is 14.3 Å². The number of anilines is 1. The molecule has 0 heterocycles. The van der Waals surface area contributed by atoms with Crippen molar-refractivity contribution in [3.8, 4) is 0 Å². The largest absolute Gasteiger partial charge is 0.462 e. The van der Waals surface area contributed by atoms with Crippen molar-refractivity contribution in [2.75, 3.05) is 5.32 Å². The van der Waals surface area contributed by atoms with Crippen LogP contribution in [0.15, 0.2) is 30.4 Å². The van der Waals surface area contributed by atoms with Gasteiger partial charge in [0.2, 0.25) is 5.91 Å². The van der Waals surface area contributed by atoms with Crippen LogP contribution in [0.3, 0.4) is 0 Å². The molecule has 0 aliphatic heterocycles. The van der Waals surface area contributed by atoms with Crippen LogP contribution in [0.1, 0.15) is 44.2 Å². The fourth-order valence-electron chi connectivity index (χ4n) is 2.85. The number of benzene rings is 1. The zero-order chi connectivity index (χ0) is 17.7. The van der Waals surface area contributed by atoms with E-state index in [0.29, 0.717) is 12.8 Å². The van der Waals surface area contributed by atoms with E-state index in [1.807, 2.05) is 58.0 Å². The van der Waals surface area contributed by atoms with Gasteiger partial charge in [-0.25, -0.2) is 0 Å². The Morgan fingerprint density at radius 1 is 1.21 bits per heavy atom. The fourth-order valence-corrected chi connectivity index (χ4v) is 2.85. The number of hydrogen-bond acceptors (Lipinski definition) is 3. The van der Waals surface area contributed by atoms with E-state index in [2.05, 4.69) is 5.32 Å². The standard InChI is InChI=1S/C20H27NO3/c1-5-14(3)24-20(23)17-11-7-6-10-16(17)19(22)21-18-12-8-9-13(2)15(18)4/h6-9,12,14,16-17H,5,10-11H2,1-4H3,(H,21,22)/t14-,16+,17-/m0/s1. The van der Waals surface area contributed by atoms with Crippen LogP contribution < -0.4 is 5.32 Å². The molecule has 1 aliphatic carbocycles. The SMILES string of the molecule is CC[C@H](C)OC(=O)[C@H]1CC=CC[C@H]1C(=O)Nc1cccc(C)c1C. The van der Waals surface area contributed by atoms with E-state index < -0.39 is 5.92 Å². The first-order valence-corrected chi connectivity index (χ1v) is 8.66. The number of rotatable bonds is 5. The molecule has 0 saturated carbocycles. The average Bonchev–Trinajstić information content (AvgIpc) is 2.58. The summed E-state index contributed by atoms with van der Waals surface area (Å²) < 4.78 is 5.46. The van der Waals surface area contributed by atoms with Gasteiger partial charge >= 0.3 is 5.97 Å². The minimum Gasteiger partial charge on any atom is -0.462 e. The third-order valence-corrected chi connectivity index (χ3v) is 4.83. The van der Waals surface area contributed by atoms with Gasteiger partial charge in [-0.1, -0.05) is 31.2 Å². The maximum absolute atomic E-state index is 12.7. The van der Waals surface area contributed by atoms with E-state index in [4.69, 9.17) is 4.74 Å². The molecule has 1 aliphatic rings. The Bertz CT molecular complexity index is 636. The summed E-state index contributed by atoms with van der Waals surface area (Å²) in [6.07, 6.45) is 5.71. The second kappa shape index (κ2) is 8.13. The fraction of sp³-hybridized carbons (Fsp3) is 0.500. The van der Waals surface area contributed by atoms with Crippen molar-refractivity contribution >= 4 is 17.6 Å². The van der Waals surface area contributed by atoms with Gasteiger partial charge < -0.3 is 10.1 Å². The molecule has 130 valence electrons. The molecule has 1 N–H and O–H groups in total. The molecule has 0 fully saturated rings. The van der Waals surface area contributed by atoms with Gasteiger partial charge in [0.25, 0.3) is 0 Å². The van der Waals surface area contributed by atoms with Gasteiger partial charge in [-0.15, -0.1) is 0 Å². The predicted octanol–water partition coefficient (Wildman–Crippen LogP) is 4.17. The number of hydrogen-bond donors (Lipinski definition) is 1. The molecule has 2 rings (SSSR count). The van der Waals surface area contributed by atoms with Crippen LogP contribution >= 0.6 is 0 Å². The second-order valence-electron chi connectivity index (χ2n) is 6.55. The molecule has 1 amide bonds. The van der Waals surface area contributed by atoms with E-state index in [1.165, 1.54) is 0 Å². The minimum absolute atomic E-state index is 0.112. The Morgan fingerprint density at radius 2 is 1.88 bits per heavy atom. The van der Waals surface area contributed by atoms with Crippen molar-refractivity contribution in [2.24, 2.45) is 11.8 Å². The molecule has 1 aromatic rings. The highest BCUT2D eigenvalue weighted by Crippen LogP contribution is 2.29. The summed E-state index contributed by atoms with van der Waals surface area (Å²) >= 11 is 0. The van der Waals surface area contributed by atoms with E-state index in [1.54, 1.807) is 0 Å². The van der Waals surface area contributed by atoms with Crippen LogP contribution in [0.25, 0.3) is 0 Å². The summed E-state index contributed by atoms with van der Waals surface area (Å²) in [5.41, 5.74) is 2.99. The monoisotopic (exact) mass is 329 g/mol. The van der Waals surface area contributed by atoms with Gasteiger partial charge in [0.15, 0.2) is 0 Å². The van der Waals surface area contributed by atoms with Crippen LogP contribution in [0.4, 0.5) is 5.69 Å². The molecule has 0 radical (unpaired) electrons. The van der Waals surface area contributed by atoms with Gasteiger partial charge in [0, 0.05) is 5.69 Å². The Labute approximate surface area is 144 Å². The van der Waals surface area contributed by atoms with Gasteiger partial charge in [-0.3, -0.25) is 9.59 Å². The molecule has 0 saturated heterocycles. The summed E-state index contributed by atoms with van der Waals surface area (Å²) in [6.45, 7) is 7.85. The molecule has 0 spiro atoms. The lowest BCUT2D eigenvalue weighted by Gasteiger charge is -2.27. The molecule has 24 heavy (non-hydrogen) atoms. The maximum atomic E-state index is 12.7. The van der Waals surface area contributed by atoms with Crippen molar-refractivity contribution in [1.29, 1.82) is 0 Å². The van der Waals surface area contributed by atoms with Crippen LogP contribution in [-0.2, 0) is 14.3 Å². The zero-order valence-electron chi connectivity index (χ0n) is 15.0. The molecule has 4 nitrogen and oxygen atoms in total. The lowest BCUT2D eigenvalue weighted by atomic mass is 9.82. The average molecular weight is 329 g/mol. The topological polar surface area (TPSA) is 55.4 Å². The summed E-state index contributed by atoms with van der Waals surface area (Å²) in [7, 11) is 0. The molecule has 0 aromatic heterocycles. The van der Waals surface area contributed by atoms with Crippen molar-refractivity contribution in [3.63, 3.8) is 0 Å². The predicted molar refractivity (Wildman–Crippen MR) is 95.7 cm³/mol. The lowest BCUT2D eigenvalue weighted by Crippen LogP contribution is -2.36. The van der Waals surface area contributed by atoms with Crippen molar-refractivity contribution in [2.45, 2.75) is 53.1 Å². The van der Waals surface area contributed by atoms with E-state index in [-0.39, 0.29) is 23.9 Å². The highest BCUT2D eigenvalue weighted by Gasteiger charge is 2.35. The Kier molecular flexibility index (Phi) is 6.18. The number of carbonyl (C=O) groups is 2. The molecule has 0 bridgehead atoms. The van der Waals surface area contributed by atoms with Gasteiger partial charge in [-0.2, -0.15) is 0 Å². The van der Waals surface area contributed by atoms with Crippen LogP contribution in [-0.4, -0.2) is 18.0 Å². The number of amides is 1. The molecule has 3 atom stereocenters. The van der Waals surface area contributed by atoms with Gasteiger partial charge in [-0.05, 0) is 57.2 Å². The Morgan fingerprint density at radius 3 is 2.54 bits per heavy atom. The number of carbonyl (C=O) groups excluding carboxylic acids is 2.